The number of rotatable bonds is 43. The van der Waals surface area contributed by atoms with E-state index in [-0.39, 0.29) is 12.5 Å². The van der Waals surface area contributed by atoms with Crippen LogP contribution in [-0.2, 0) is 4.79 Å². The summed E-state index contributed by atoms with van der Waals surface area (Å²) in [6.07, 6.45) is 50.7. The van der Waals surface area contributed by atoms with Crippen LogP contribution in [0.25, 0.3) is 0 Å². The number of unbranched alkanes of at least 4 members (excludes halogenated alkanes) is 33. The number of aliphatic hydroxyl groups excluding tert-OH is 3. The Labute approximate surface area is 325 Å². The zero-order valence-corrected chi connectivity index (χ0v) is 35.2. The molecule has 5 heteroatoms. The lowest BCUT2D eigenvalue weighted by atomic mass is 10.0. The first-order valence-corrected chi connectivity index (χ1v) is 23.5. The van der Waals surface area contributed by atoms with Crippen molar-refractivity contribution in [3.63, 3.8) is 0 Å². The Kier molecular flexibility index (Phi) is 42.1. The second kappa shape index (κ2) is 42.8. The SMILES string of the molecule is CCCCCCC/C=C/CCCC(O)C(O)C(CO)NC(=O)CCCCCCCCCCCCCCCCCCCCCCCCCCCCCC. The predicted octanol–water partition coefficient (Wildman–Crippen LogP) is 13.6. The number of aliphatic hydroxyl groups is 3. The molecule has 0 saturated carbocycles. The zero-order valence-electron chi connectivity index (χ0n) is 35.2. The van der Waals surface area contributed by atoms with Gasteiger partial charge in [0.15, 0.2) is 0 Å². The molecule has 0 fully saturated rings. The lowest BCUT2D eigenvalue weighted by Gasteiger charge is -2.26. The third kappa shape index (κ3) is 37.4. The monoisotopic (exact) mass is 736 g/mol. The molecular formula is C47H93NO4. The number of hydrogen-bond donors (Lipinski definition) is 4. The molecule has 0 saturated heterocycles. The molecule has 0 aromatic rings. The minimum Gasteiger partial charge on any atom is -0.394 e. The van der Waals surface area contributed by atoms with E-state index in [9.17, 15) is 20.1 Å². The number of allylic oxidation sites excluding steroid dienone is 2. The Hall–Kier alpha value is -0.910. The fourth-order valence-electron chi connectivity index (χ4n) is 7.46. The Morgan fingerprint density at radius 3 is 1.12 bits per heavy atom. The van der Waals surface area contributed by atoms with Crippen LogP contribution in [0.3, 0.4) is 0 Å². The summed E-state index contributed by atoms with van der Waals surface area (Å²) in [5, 5.41) is 33.4. The van der Waals surface area contributed by atoms with Gasteiger partial charge >= 0.3 is 0 Å². The first-order valence-electron chi connectivity index (χ1n) is 23.5. The molecule has 5 nitrogen and oxygen atoms in total. The number of amides is 1. The molecule has 0 spiro atoms. The topological polar surface area (TPSA) is 89.8 Å². The Morgan fingerprint density at radius 2 is 0.769 bits per heavy atom. The fraction of sp³-hybridized carbons (Fsp3) is 0.936. The van der Waals surface area contributed by atoms with Crippen molar-refractivity contribution in [3.8, 4) is 0 Å². The molecule has 3 unspecified atom stereocenters. The second-order valence-corrected chi connectivity index (χ2v) is 16.3. The summed E-state index contributed by atoms with van der Waals surface area (Å²) < 4.78 is 0. The molecule has 4 N–H and O–H groups in total. The van der Waals surface area contributed by atoms with Gasteiger partial charge in [0.05, 0.1) is 18.8 Å². The highest BCUT2D eigenvalue weighted by Crippen LogP contribution is 2.17. The van der Waals surface area contributed by atoms with Crippen molar-refractivity contribution in [1.82, 2.24) is 5.32 Å². The van der Waals surface area contributed by atoms with Crippen LogP contribution < -0.4 is 5.32 Å². The highest BCUT2D eigenvalue weighted by Gasteiger charge is 2.26. The van der Waals surface area contributed by atoms with E-state index in [2.05, 4.69) is 31.3 Å². The quantitative estimate of drug-likeness (QED) is 0.0371. The molecule has 0 aliphatic rings. The number of carbonyl (C=O) groups excluding carboxylic acids is 1. The van der Waals surface area contributed by atoms with Crippen LogP contribution in [0.5, 0.6) is 0 Å². The van der Waals surface area contributed by atoms with Gasteiger partial charge in [0, 0.05) is 6.42 Å². The minimum absolute atomic E-state index is 0.151. The molecule has 0 heterocycles. The van der Waals surface area contributed by atoms with E-state index in [1.807, 2.05) is 0 Å². The average Bonchev–Trinajstić information content (AvgIpc) is 3.15. The van der Waals surface area contributed by atoms with Gasteiger partial charge in [-0.15, -0.1) is 0 Å². The van der Waals surface area contributed by atoms with Crippen LogP contribution >= 0.6 is 0 Å². The molecule has 3 atom stereocenters. The van der Waals surface area contributed by atoms with E-state index in [4.69, 9.17) is 0 Å². The maximum absolute atomic E-state index is 12.4. The molecule has 52 heavy (non-hydrogen) atoms. The summed E-state index contributed by atoms with van der Waals surface area (Å²) in [4.78, 5) is 12.4. The first-order chi connectivity index (χ1) is 25.6. The molecule has 0 aliphatic heterocycles. The van der Waals surface area contributed by atoms with Gasteiger partial charge in [0.2, 0.25) is 5.91 Å². The van der Waals surface area contributed by atoms with Crippen LogP contribution in [0.1, 0.15) is 258 Å². The van der Waals surface area contributed by atoms with Gasteiger partial charge in [-0.3, -0.25) is 4.79 Å². The van der Waals surface area contributed by atoms with E-state index in [1.54, 1.807) is 0 Å². The van der Waals surface area contributed by atoms with Crippen molar-refractivity contribution >= 4 is 5.91 Å². The molecule has 0 aliphatic carbocycles. The van der Waals surface area contributed by atoms with E-state index in [1.165, 1.54) is 193 Å². The third-order valence-corrected chi connectivity index (χ3v) is 11.1. The van der Waals surface area contributed by atoms with Crippen LogP contribution in [0.15, 0.2) is 12.2 Å². The summed E-state index contributed by atoms with van der Waals surface area (Å²) in [5.41, 5.74) is 0. The zero-order chi connectivity index (χ0) is 38.0. The van der Waals surface area contributed by atoms with Crippen molar-refractivity contribution in [1.29, 1.82) is 0 Å². The summed E-state index contributed by atoms with van der Waals surface area (Å²) in [6, 6.07) is -0.819. The van der Waals surface area contributed by atoms with Gasteiger partial charge < -0.3 is 20.6 Å². The van der Waals surface area contributed by atoms with E-state index >= 15 is 0 Å². The van der Waals surface area contributed by atoms with E-state index in [0.29, 0.717) is 12.8 Å². The van der Waals surface area contributed by atoms with E-state index in [0.717, 1.165) is 38.5 Å². The Bertz CT molecular complexity index is 728. The van der Waals surface area contributed by atoms with Gasteiger partial charge in [-0.05, 0) is 38.5 Å². The average molecular weight is 736 g/mol. The predicted molar refractivity (Wildman–Crippen MR) is 227 cm³/mol. The summed E-state index contributed by atoms with van der Waals surface area (Å²) in [6.45, 7) is 4.15. The molecule has 0 bridgehead atoms. The van der Waals surface area contributed by atoms with Crippen molar-refractivity contribution < 1.29 is 20.1 Å². The highest BCUT2D eigenvalue weighted by atomic mass is 16.3. The van der Waals surface area contributed by atoms with Crippen LogP contribution in [0.2, 0.25) is 0 Å². The van der Waals surface area contributed by atoms with Crippen molar-refractivity contribution in [2.75, 3.05) is 6.61 Å². The summed E-state index contributed by atoms with van der Waals surface area (Å²) in [5.74, 6) is -0.151. The van der Waals surface area contributed by atoms with Crippen LogP contribution in [0.4, 0.5) is 0 Å². The number of hydrogen-bond acceptors (Lipinski definition) is 4. The van der Waals surface area contributed by atoms with Crippen molar-refractivity contribution in [2.24, 2.45) is 0 Å². The summed E-state index contributed by atoms with van der Waals surface area (Å²) in [7, 11) is 0. The molecular weight excluding hydrogens is 643 g/mol. The number of carbonyl (C=O) groups is 1. The number of nitrogens with one attached hydrogen (secondary N) is 1. The van der Waals surface area contributed by atoms with Gasteiger partial charge in [-0.25, -0.2) is 0 Å². The highest BCUT2D eigenvalue weighted by molar-refractivity contribution is 5.76. The van der Waals surface area contributed by atoms with Crippen molar-refractivity contribution in [3.05, 3.63) is 12.2 Å². The third-order valence-electron chi connectivity index (χ3n) is 11.1. The van der Waals surface area contributed by atoms with Gasteiger partial charge in [0.25, 0.3) is 0 Å². The lowest BCUT2D eigenvalue weighted by molar-refractivity contribution is -0.124. The smallest absolute Gasteiger partial charge is 0.220 e. The van der Waals surface area contributed by atoms with Crippen LogP contribution in [0, 0.1) is 0 Å². The van der Waals surface area contributed by atoms with E-state index < -0.39 is 18.2 Å². The molecule has 310 valence electrons. The summed E-state index contributed by atoms with van der Waals surface area (Å²) >= 11 is 0. The standard InChI is InChI=1S/C47H93NO4/c1-3-5-7-9-11-13-15-16-17-18-19-20-21-22-23-24-25-26-27-28-29-30-31-32-34-36-38-40-42-46(51)48-44(43-49)47(52)45(50)41-39-37-35-33-14-12-10-8-6-4-2/h33,35,44-45,47,49-50,52H,3-32,34,36-43H2,1-2H3,(H,48,51)/b35-33+. The van der Waals surface area contributed by atoms with Gasteiger partial charge in [-0.2, -0.15) is 0 Å². The largest absolute Gasteiger partial charge is 0.394 e. The second-order valence-electron chi connectivity index (χ2n) is 16.3. The van der Waals surface area contributed by atoms with Crippen LogP contribution in [-0.4, -0.2) is 46.1 Å². The van der Waals surface area contributed by atoms with Crippen molar-refractivity contribution in [2.45, 2.75) is 276 Å². The molecule has 0 aromatic carbocycles. The lowest BCUT2D eigenvalue weighted by Crippen LogP contribution is -2.50. The van der Waals surface area contributed by atoms with Gasteiger partial charge in [-0.1, -0.05) is 225 Å². The molecule has 0 aromatic heterocycles. The Balaban J connectivity index is 3.48. The molecule has 1 amide bonds. The van der Waals surface area contributed by atoms with Gasteiger partial charge in [0.1, 0.15) is 6.10 Å². The first kappa shape index (κ1) is 51.1. The molecule has 0 radical (unpaired) electrons. The maximum atomic E-state index is 12.4. The molecule has 0 rings (SSSR count). The Morgan fingerprint density at radius 1 is 0.462 bits per heavy atom. The minimum atomic E-state index is -1.15. The maximum Gasteiger partial charge on any atom is 0.220 e. The fourth-order valence-corrected chi connectivity index (χ4v) is 7.46. The normalized spacial score (nSPS) is 13.6.